The molecule has 4 heteroatoms. The first-order chi connectivity index (χ1) is 7.22. The quantitative estimate of drug-likeness (QED) is 0.741. The average molecular weight is 227 g/mol. The molecular formula is C11H17NO2S. The van der Waals surface area contributed by atoms with Gasteiger partial charge in [-0.25, -0.2) is 0 Å². The smallest absolute Gasteiger partial charge is 0.166 e. The summed E-state index contributed by atoms with van der Waals surface area (Å²) in [5.74, 6) is 2.78. The lowest BCUT2D eigenvalue weighted by Crippen LogP contribution is -2.29. The average Bonchev–Trinajstić information content (AvgIpc) is 2.78. The van der Waals surface area contributed by atoms with E-state index in [1.165, 1.54) is 17.9 Å². The second kappa shape index (κ2) is 4.73. The Hall–Kier alpha value is -0.240. The summed E-state index contributed by atoms with van der Waals surface area (Å²) in [5, 5.41) is 8.59. The maximum absolute atomic E-state index is 8.59. The van der Waals surface area contributed by atoms with Crippen LogP contribution in [-0.4, -0.2) is 30.0 Å². The molecule has 2 heterocycles. The minimum atomic E-state index is -0.433. The van der Waals surface area contributed by atoms with Gasteiger partial charge in [-0.05, 0) is 30.8 Å². The molecule has 3 unspecified atom stereocenters. The zero-order valence-electron chi connectivity index (χ0n) is 9.07. The molecule has 0 aromatic carbocycles. The van der Waals surface area contributed by atoms with Gasteiger partial charge >= 0.3 is 0 Å². The lowest BCUT2D eigenvalue weighted by Gasteiger charge is -2.25. The molecule has 0 aromatic rings. The van der Waals surface area contributed by atoms with Gasteiger partial charge in [-0.2, -0.15) is 17.0 Å². The van der Waals surface area contributed by atoms with Crippen molar-refractivity contribution in [3.63, 3.8) is 0 Å². The van der Waals surface area contributed by atoms with Crippen LogP contribution in [0.15, 0.2) is 0 Å². The van der Waals surface area contributed by atoms with Crippen molar-refractivity contribution in [1.29, 1.82) is 5.26 Å². The second-order valence-electron chi connectivity index (χ2n) is 4.48. The number of hydrogen-bond donors (Lipinski definition) is 0. The van der Waals surface area contributed by atoms with E-state index in [-0.39, 0.29) is 6.10 Å². The van der Waals surface area contributed by atoms with Crippen LogP contribution in [0.3, 0.4) is 0 Å². The maximum atomic E-state index is 8.59. The molecule has 84 valence electrons. The molecule has 15 heavy (non-hydrogen) atoms. The molecule has 0 N–H and O–H groups in total. The van der Waals surface area contributed by atoms with Gasteiger partial charge in [0.2, 0.25) is 0 Å². The SMILES string of the molecule is CC1(CC2CCSC2)OCC(CC#N)O1. The number of rotatable bonds is 3. The largest absolute Gasteiger partial charge is 0.347 e. The molecule has 3 nitrogen and oxygen atoms in total. The first-order valence-corrected chi connectivity index (χ1v) is 6.64. The van der Waals surface area contributed by atoms with Gasteiger partial charge in [0.15, 0.2) is 5.79 Å². The highest BCUT2D eigenvalue weighted by atomic mass is 32.2. The molecule has 0 radical (unpaired) electrons. The van der Waals surface area contributed by atoms with Crippen molar-refractivity contribution < 1.29 is 9.47 Å². The van der Waals surface area contributed by atoms with Crippen molar-refractivity contribution in [3.8, 4) is 6.07 Å². The Bertz CT molecular complexity index is 260. The third-order valence-electron chi connectivity index (χ3n) is 2.99. The molecule has 0 spiro atoms. The van der Waals surface area contributed by atoms with Crippen LogP contribution in [-0.2, 0) is 9.47 Å². The highest BCUT2D eigenvalue weighted by Gasteiger charge is 2.39. The van der Waals surface area contributed by atoms with Crippen LogP contribution in [0.5, 0.6) is 0 Å². The van der Waals surface area contributed by atoms with Crippen molar-refractivity contribution in [2.45, 2.75) is 38.1 Å². The summed E-state index contributed by atoms with van der Waals surface area (Å²) < 4.78 is 11.5. The van der Waals surface area contributed by atoms with Crippen molar-refractivity contribution in [2.75, 3.05) is 18.1 Å². The zero-order chi connectivity index (χ0) is 10.7. The molecule has 2 fully saturated rings. The van der Waals surface area contributed by atoms with Gasteiger partial charge in [0.25, 0.3) is 0 Å². The third-order valence-corrected chi connectivity index (χ3v) is 4.22. The molecule has 3 atom stereocenters. The minimum Gasteiger partial charge on any atom is -0.347 e. The van der Waals surface area contributed by atoms with Crippen LogP contribution in [0, 0.1) is 17.2 Å². The van der Waals surface area contributed by atoms with Crippen molar-refractivity contribution in [3.05, 3.63) is 0 Å². The monoisotopic (exact) mass is 227 g/mol. The maximum Gasteiger partial charge on any atom is 0.166 e. The number of nitriles is 1. The van der Waals surface area contributed by atoms with Gasteiger partial charge in [0.05, 0.1) is 25.2 Å². The summed E-state index contributed by atoms with van der Waals surface area (Å²) in [4.78, 5) is 0. The molecule has 2 aliphatic rings. The van der Waals surface area contributed by atoms with Crippen molar-refractivity contribution >= 4 is 11.8 Å². The molecule has 2 aliphatic heterocycles. The first-order valence-electron chi connectivity index (χ1n) is 5.48. The molecule has 2 saturated heterocycles. The Morgan fingerprint density at radius 2 is 2.47 bits per heavy atom. The van der Waals surface area contributed by atoms with Crippen molar-refractivity contribution in [2.24, 2.45) is 5.92 Å². The van der Waals surface area contributed by atoms with E-state index in [0.717, 1.165) is 12.3 Å². The Morgan fingerprint density at radius 3 is 3.13 bits per heavy atom. The molecule has 0 aliphatic carbocycles. The minimum absolute atomic E-state index is 0.0194. The Balaban J connectivity index is 1.83. The van der Waals surface area contributed by atoms with Gasteiger partial charge < -0.3 is 9.47 Å². The molecule has 0 amide bonds. The van der Waals surface area contributed by atoms with Gasteiger partial charge in [-0.3, -0.25) is 0 Å². The zero-order valence-corrected chi connectivity index (χ0v) is 9.89. The predicted molar refractivity (Wildman–Crippen MR) is 59.5 cm³/mol. The van der Waals surface area contributed by atoms with E-state index < -0.39 is 5.79 Å². The van der Waals surface area contributed by atoms with E-state index >= 15 is 0 Å². The van der Waals surface area contributed by atoms with Gasteiger partial charge in [-0.15, -0.1) is 0 Å². The predicted octanol–water partition coefficient (Wildman–Crippen LogP) is 2.17. The van der Waals surface area contributed by atoms with Gasteiger partial charge in [0, 0.05) is 6.42 Å². The van der Waals surface area contributed by atoms with Crippen LogP contribution in [0.1, 0.15) is 26.2 Å². The van der Waals surface area contributed by atoms with Gasteiger partial charge in [0.1, 0.15) is 0 Å². The first kappa shape index (κ1) is 11.3. The summed E-state index contributed by atoms with van der Waals surface area (Å²) in [6.45, 7) is 2.58. The molecule has 0 saturated carbocycles. The van der Waals surface area contributed by atoms with Crippen molar-refractivity contribution in [1.82, 2.24) is 0 Å². The van der Waals surface area contributed by atoms with Crippen LogP contribution < -0.4 is 0 Å². The normalized spacial score (nSPS) is 40.5. The Labute approximate surface area is 95.1 Å². The second-order valence-corrected chi connectivity index (χ2v) is 5.63. The summed E-state index contributed by atoms with van der Waals surface area (Å²) in [5.41, 5.74) is 0. The van der Waals surface area contributed by atoms with Crippen LogP contribution in [0.2, 0.25) is 0 Å². The summed E-state index contributed by atoms with van der Waals surface area (Å²) in [6, 6.07) is 2.13. The van der Waals surface area contributed by atoms with E-state index in [2.05, 4.69) is 6.07 Å². The van der Waals surface area contributed by atoms with E-state index in [4.69, 9.17) is 14.7 Å². The van der Waals surface area contributed by atoms with Crippen LogP contribution in [0.25, 0.3) is 0 Å². The lowest BCUT2D eigenvalue weighted by molar-refractivity contribution is -0.164. The summed E-state index contributed by atoms with van der Waals surface area (Å²) in [6.07, 6.45) is 2.67. The Kier molecular flexibility index (Phi) is 3.55. The number of thioether (sulfide) groups is 1. The van der Waals surface area contributed by atoms with E-state index in [0.29, 0.717) is 13.0 Å². The van der Waals surface area contributed by atoms with E-state index in [1.807, 2.05) is 18.7 Å². The highest BCUT2D eigenvalue weighted by Crippen LogP contribution is 2.36. The van der Waals surface area contributed by atoms with Crippen LogP contribution >= 0.6 is 11.8 Å². The molecular weight excluding hydrogens is 210 g/mol. The van der Waals surface area contributed by atoms with Crippen LogP contribution in [0.4, 0.5) is 0 Å². The fourth-order valence-corrected chi connectivity index (χ4v) is 3.55. The molecule has 2 rings (SSSR count). The topological polar surface area (TPSA) is 42.2 Å². The third kappa shape index (κ3) is 2.87. The fourth-order valence-electron chi connectivity index (χ4n) is 2.27. The summed E-state index contributed by atoms with van der Waals surface area (Å²) >= 11 is 2.01. The van der Waals surface area contributed by atoms with Gasteiger partial charge in [-0.1, -0.05) is 0 Å². The number of hydrogen-bond acceptors (Lipinski definition) is 4. The lowest BCUT2D eigenvalue weighted by atomic mass is 9.99. The standard InChI is InChI=1S/C11H17NO2S/c1-11(6-9-3-5-15-8-9)13-7-10(14-11)2-4-12/h9-10H,2-3,5-8H2,1H3. The molecule has 0 aromatic heterocycles. The Morgan fingerprint density at radius 1 is 1.60 bits per heavy atom. The van der Waals surface area contributed by atoms with E-state index in [1.54, 1.807) is 0 Å². The fraction of sp³-hybridized carbons (Fsp3) is 0.909. The number of ether oxygens (including phenoxy) is 2. The van der Waals surface area contributed by atoms with E-state index in [9.17, 15) is 0 Å². The summed E-state index contributed by atoms with van der Waals surface area (Å²) in [7, 11) is 0. The molecule has 0 bridgehead atoms. The highest BCUT2D eigenvalue weighted by molar-refractivity contribution is 7.99. The number of nitrogens with zero attached hydrogens (tertiary/aromatic N) is 1.